The Bertz CT molecular complexity index is 1230. The van der Waals surface area contributed by atoms with Crippen molar-refractivity contribution in [3.8, 4) is 11.8 Å². The van der Waals surface area contributed by atoms with Crippen LogP contribution in [0, 0.1) is 3.95 Å². The van der Waals surface area contributed by atoms with Gasteiger partial charge in [-0.15, -0.1) is 11.3 Å². The summed E-state index contributed by atoms with van der Waals surface area (Å²) < 4.78 is 7.87. The SMILES string of the molecule is O=C(O)CCCn1c(O)c(/C=C2/C=Nc3cnc(OCc4ccccc4)cc32)sc1=S. The van der Waals surface area contributed by atoms with Gasteiger partial charge in [-0.1, -0.05) is 30.3 Å². The third kappa shape index (κ3) is 4.89. The first kappa shape index (κ1) is 21.0. The van der Waals surface area contributed by atoms with Gasteiger partial charge >= 0.3 is 5.97 Å². The van der Waals surface area contributed by atoms with Crippen LogP contribution in [0.5, 0.6) is 11.8 Å². The first-order chi connectivity index (χ1) is 15.0. The van der Waals surface area contributed by atoms with Crippen LogP contribution in [-0.4, -0.2) is 31.9 Å². The van der Waals surface area contributed by atoms with Gasteiger partial charge in [-0.3, -0.25) is 14.4 Å². The maximum Gasteiger partial charge on any atom is 0.303 e. The van der Waals surface area contributed by atoms with Crippen LogP contribution in [0.25, 0.3) is 11.6 Å². The highest BCUT2D eigenvalue weighted by Crippen LogP contribution is 2.37. The Kier molecular flexibility index (Phi) is 6.24. The average molecular weight is 454 g/mol. The number of nitrogens with zero attached hydrogens (tertiary/aromatic N) is 3. The highest BCUT2D eigenvalue weighted by molar-refractivity contribution is 7.73. The van der Waals surface area contributed by atoms with E-state index in [0.29, 0.717) is 34.3 Å². The summed E-state index contributed by atoms with van der Waals surface area (Å²) in [5.41, 5.74) is 3.44. The van der Waals surface area contributed by atoms with E-state index in [1.54, 1.807) is 17.0 Å². The van der Waals surface area contributed by atoms with Gasteiger partial charge in [-0.2, -0.15) is 0 Å². The summed E-state index contributed by atoms with van der Waals surface area (Å²) in [5.74, 6) is -0.354. The molecule has 9 heteroatoms. The van der Waals surface area contributed by atoms with E-state index >= 15 is 0 Å². The Labute approximate surface area is 187 Å². The number of hydrogen-bond donors (Lipinski definition) is 2. The Morgan fingerprint density at radius 2 is 2.10 bits per heavy atom. The van der Waals surface area contributed by atoms with Crippen LogP contribution in [0.1, 0.15) is 28.8 Å². The standard InChI is InChI=1S/C22H19N3O4S2/c26-20(27)7-4-8-25-21(28)18(31-22(25)30)9-15-11-23-17-12-24-19(10-16(15)17)29-13-14-5-2-1-3-6-14/h1-3,5-6,9-12,28H,4,7-8,13H2,(H,26,27)/b15-9-. The highest BCUT2D eigenvalue weighted by atomic mass is 32.1. The van der Waals surface area contributed by atoms with Crippen molar-refractivity contribution in [2.24, 2.45) is 4.99 Å². The highest BCUT2D eigenvalue weighted by Gasteiger charge is 2.17. The van der Waals surface area contributed by atoms with E-state index < -0.39 is 5.97 Å². The Balaban J connectivity index is 1.54. The van der Waals surface area contributed by atoms with E-state index in [1.807, 2.05) is 42.5 Å². The van der Waals surface area contributed by atoms with Gasteiger partial charge < -0.3 is 14.9 Å². The molecule has 3 aromatic rings. The lowest BCUT2D eigenvalue weighted by atomic mass is 10.1. The number of fused-ring (bicyclic) bond motifs is 1. The van der Waals surface area contributed by atoms with E-state index in [0.717, 1.165) is 22.4 Å². The zero-order valence-corrected chi connectivity index (χ0v) is 18.0. The van der Waals surface area contributed by atoms with E-state index in [9.17, 15) is 9.90 Å². The number of aliphatic imine (C=N–C) groups is 1. The van der Waals surface area contributed by atoms with Crippen molar-refractivity contribution >= 4 is 53.1 Å². The monoisotopic (exact) mass is 453 g/mol. The zero-order chi connectivity index (χ0) is 21.8. The molecule has 1 aliphatic heterocycles. The van der Waals surface area contributed by atoms with Gasteiger partial charge in [-0.25, -0.2) is 4.98 Å². The molecule has 0 saturated heterocycles. The van der Waals surface area contributed by atoms with Crippen LogP contribution >= 0.6 is 23.6 Å². The number of pyridine rings is 1. The molecule has 31 heavy (non-hydrogen) atoms. The van der Waals surface area contributed by atoms with Crippen molar-refractivity contribution in [2.45, 2.75) is 26.0 Å². The number of aromatic hydroxyl groups is 1. The van der Waals surface area contributed by atoms with Crippen LogP contribution in [0.2, 0.25) is 0 Å². The molecule has 0 atom stereocenters. The van der Waals surface area contributed by atoms with Crippen LogP contribution in [0.15, 0.2) is 47.6 Å². The second-order valence-electron chi connectivity index (χ2n) is 6.88. The molecular formula is C22H19N3O4S2. The normalized spacial score (nSPS) is 13.5. The maximum absolute atomic E-state index is 10.7. The van der Waals surface area contributed by atoms with Crippen molar-refractivity contribution in [3.05, 3.63) is 62.6 Å². The molecule has 0 bridgehead atoms. The number of carboxylic acids is 1. The molecule has 1 aliphatic rings. The minimum atomic E-state index is -0.874. The van der Waals surface area contributed by atoms with Gasteiger partial charge in [0, 0.05) is 36.4 Å². The molecule has 158 valence electrons. The quantitative estimate of drug-likeness (QED) is 0.462. The number of aromatic nitrogens is 2. The fraction of sp³-hybridized carbons (Fsp3) is 0.182. The Morgan fingerprint density at radius 3 is 2.87 bits per heavy atom. The number of carboxylic acid groups (broad SMARTS) is 1. The minimum Gasteiger partial charge on any atom is -0.493 e. The van der Waals surface area contributed by atoms with Gasteiger partial charge in [-0.05, 0) is 30.3 Å². The molecule has 2 aromatic heterocycles. The van der Waals surface area contributed by atoms with Gasteiger partial charge in [0.25, 0.3) is 0 Å². The third-order valence-corrected chi connectivity index (χ3v) is 6.08. The van der Waals surface area contributed by atoms with Crippen molar-refractivity contribution < 1.29 is 19.7 Å². The van der Waals surface area contributed by atoms with Crippen molar-refractivity contribution in [3.63, 3.8) is 0 Å². The van der Waals surface area contributed by atoms with Crippen molar-refractivity contribution in [2.75, 3.05) is 0 Å². The number of aliphatic carboxylic acids is 1. The second kappa shape index (κ2) is 9.23. The molecule has 7 nitrogen and oxygen atoms in total. The Morgan fingerprint density at radius 1 is 1.29 bits per heavy atom. The van der Waals surface area contributed by atoms with E-state index in [1.165, 1.54) is 11.3 Å². The maximum atomic E-state index is 10.7. The van der Waals surface area contributed by atoms with Crippen molar-refractivity contribution in [1.29, 1.82) is 0 Å². The second-order valence-corrected chi connectivity index (χ2v) is 8.55. The fourth-order valence-corrected chi connectivity index (χ4v) is 4.44. The minimum absolute atomic E-state index is 0.0201. The first-order valence-electron chi connectivity index (χ1n) is 9.58. The predicted octanol–water partition coefficient (Wildman–Crippen LogP) is 5.08. The summed E-state index contributed by atoms with van der Waals surface area (Å²) in [6, 6.07) is 11.7. The van der Waals surface area contributed by atoms with Gasteiger partial charge in [0.2, 0.25) is 11.8 Å². The fourth-order valence-electron chi connectivity index (χ4n) is 3.13. The smallest absolute Gasteiger partial charge is 0.303 e. The van der Waals surface area contributed by atoms with Crippen molar-refractivity contribution in [1.82, 2.24) is 9.55 Å². The number of carbonyl (C=O) groups is 1. The molecule has 4 rings (SSSR count). The molecule has 0 spiro atoms. The third-order valence-electron chi connectivity index (χ3n) is 4.69. The van der Waals surface area contributed by atoms with E-state index in [2.05, 4.69) is 9.98 Å². The molecule has 2 N–H and O–H groups in total. The molecule has 0 unspecified atom stereocenters. The number of ether oxygens (including phenoxy) is 1. The van der Waals surface area contributed by atoms with Gasteiger partial charge in [0.1, 0.15) is 6.61 Å². The average Bonchev–Trinajstić information content (AvgIpc) is 3.28. The summed E-state index contributed by atoms with van der Waals surface area (Å²) >= 11 is 6.61. The molecule has 0 saturated carbocycles. The van der Waals surface area contributed by atoms with Gasteiger partial charge in [0.05, 0.1) is 16.8 Å². The predicted molar refractivity (Wildman–Crippen MR) is 123 cm³/mol. The summed E-state index contributed by atoms with van der Waals surface area (Å²) in [6.45, 7) is 0.761. The molecular weight excluding hydrogens is 434 g/mol. The first-order valence-corrected chi connectivity index (χ1v) is 10.8. The van der Waals surface area contributed by atoms with E-state index in [-0.39, 0.29) is 12.3 Å². The molecule has 1 aromatic carbocycles. The number of benzene rings is 1. The molecule has 0 amide bonds. The van der Waals surface area contributed by atoms with E-state index in [4.69, 9.17) is 22.1 Å². The van der Waals surface area contributed by atoms with Crippen LogP contribution < -0.4 is 4.74 Å². The molecule has 3 heterocycles. The number of hydrogen-bond acceptors (Lipinski definition) is 7. The van der Waals surface area contributed by atoms with Crippen LogP contribution in [-0.2, 0) is 17.9 Å². The number of rotatable bonds is 8. The Hall–Kier alpha value is -3.30. The lowest BCUT2D eigenvalue weighted by Crippen LogP contribution is -2.01. The zero-order valence-electron chi connectivity index (χ0n) is 16.4. The number of allylic oxidation sites excluding steroid dienone is 1. The topological polar surface area (TPSA) is 96.9 Å². The summed E-state index contributed by atoms with van der Waals surface area (Å²) in [5, 5.41) is 19.4. The van der Waals surface area contributed by atoms with Gasteiger partial charge in [0.15, 0.2) is 3.95 Å². The summed E-state index contributed by atoms with van der Waals surface area (Å²) in [6.07, 6.45) is 5.60. The molecule has 0 aliphatic carbocycles. The lowest BCUT2D eigenvalue weighted by Gasteiger charge is -2.07. The summed E-state index contributed by atoms with van der Waals surface area (Å²) in [4.78, 5) is 20.0. The largest absolute Gasteiger partial charge is 0.493 e. The molecule has 0 fully saturated rings. The lowest BCUT2D eigenvalue weighted by molar-refractivity contribution is -0.137. The van der Waals surface area contributed by atoms with Crippen LogP contribution in [0.4, 0.5) is 5.69 Å². The number of thiazole rings is 1. The summed E-state index contributed by atoms with van der Waals surface area (Å²) in [7, 11) is 0. The molecule has 0 radical (unpaired) electrons. The van der Waals surface area contributed by atoms with Crippen LogP contribution in [0.3, 0.4) is 0 Å².